The van der Waals surface area contributed by atoms with E-state index >= 15 is 0 Å². The molecule has 2 aromatic carbocycles. The summed E-state index contributed by atoms with van der Waals surface area (Å²) >= 11 is 7.25. The van der Waals surface area contributed by atoms with Gasteiger partial charge < -0.3 is 4.74 Å². The first-order valence-corrected chi connectivity index (χ1v) is 11.5. The molecule has 0 saturated carbocycles. The summed E-state index contributed by atoms with van der Waals surface area (Å²) in [6.07, 6.45) is -3.08. The smallest absolute Gasteiger partial charge is 0.416 e. The van der Waals surface area contributed by atoms with Crippen LogP contribution in [0.2, 0.25) is 5.02 Å². The number of benzene rings is 2. The summed E-state index contributed by atoms with van der Waals surface area (Å²) in [5.41, 5.74) is -0.750. The molecular weight excluding hydrogens is 477 g/mol. The molecule has 1 aliphatic rings. The van der Waals surface area contributed by atoms with Crippen LogP contribution in [0.15, 0.2) is 52.9 Å². The molecule has 0 atom stereocenters. The lowest BCUT2D eigenvalue weighted by atomic mass is 10.1. The number of thiazole rings is 1. The van der Waals surface area contributed by atoms with Crippen molar-refractivity contribution in [2.24, 2.45) is 0 Å². The number of hydrogen-bond donors (Lipinski definition) is 0. The number of amides is 1. The van der Waals surface area contributed by atoms with Crippen molar-refractivity contribution in [1.29, 1.82) is 0 Å². The Morgan fingerprint density at radius 3 is 2.55 bits per heavy atom. The minimum absolute atomic E-state index is 0.0302. The number of carbonyl (C=O) groups is 1. The van der Waals surface area contributed by atoms with Crippen LogP contribution >= 0.6 is 22.9 Å². The van der Waals surface area contributed by atoms with E-state index in [-0.39, 0.29) is 32.8 Å². The van der Waals surface area contributed by atoms with Crippen LogP contribution in [-0.2, 0) is 26.6 Å². The summed E-state index contributed by atoms with van der Waals surface area (Å²) in [6, 6.07) is 6.56. The number of anilines is 2. The van der Waals surface area contributed by atoms with Crippen molar-refractivity contribution in [3.63, 3.8) is 0 Å². The van der Waals surface area contributed by atoms with Gasteiger partial charge in [-0.15, -0.1) is 11.3 Å². The van der Waals surface area contributed by atoms with Gasteiger partial charge in [-0.25, -0.2) is 13.4 Å². The third-order valence-corrected chi connectivity index (χ3v) is 7.34. The lowest BCUT2D eigenvalue weighted by Crippen LogP contribution is -2.35. The van der Waals surface area contributed by atoms with Crippen molar-refractivity contribution >= 4 is 50.1 Å². The average molecular weight is 489 g/mol. The molecule has 0 bridgehead atoms. The summed E-state index contributed by atoms with van der Waals surface area (Å²) in [4.78, 5) is 17.5. The van der Waals surface area contributed by atoms with Crippen molar-refractivity contribution in [2.75, 3.05) is 11.5 Å². The Morgan fingerprint density at radius 2 is 1.90 bits per heavy atom. The largest absolute Gasteiger partial charge is 0.481 e. The zero-order valence-electron chi connectivity index (χ0n) is 15.4. The normalized spacial score (nSPS) is 14.3. The van der Waals surface area contributed by atoms with Crippen LogP contribution in [-0.4, -0.2) is 25.9 Å². The lowest BCUT2D eigenvalue weighted by Gasteiger charge is -2.30. The summed E-state index contributed by atoms with van der Waals surface area (Å²) in [5.74, 6) is -0.764. The van der Waals surface area contributed by atoms with Crippen LogP contribution in [0, 0.1) is 0 Å². The van der Waals surface area contributed by atoms with E-state index in [1.54, 1.807) is 5.38 Å². The molecular formula is C19H12ClF3N2O4S2. The van der Waals surface area contributed by atoms with Gasteiger partial charge in [0, 0.05) is 17.6 Å². The first-order valence-electron chi connectivity index (χ1n) is 8.64. The van der Waals surface area contributed by atoms with Gasteiger partial charge in [0.2, 0.25) is 0 Å². The van der Waals surface area contributed by atoms with E-state index in [0.29, 0.717) is 5.01 Å². The Labute approximate surface area is 183 Å². The number of nitrogens with zero attached hydrogens (tertiary/aromatic N) is 2. The van der Waals surface area contributed by atoms with Gasteiger partial charge in [0.1, 0.15) is 16.5 Å². The minimum Gasteiger partial charge on any atom is -0.481 e. The van der Waals surface area contributed by atoms with Gasteiger partial charge in [0.15, 0.2) is 16.4 Å². The molecule has 0 spiro atoms. The number of rotatable bonds is 4. The topological polar surface area (TPSA) is 76.6 Å². The first kappa shape index (κ1) is 21.6. The SMILES string of the molecule is O=C1COc2cc(S(=O)(=O)Cc3nccs3)ccc2N1c1ccc(C(F)(F)F)cc1Cl. The van der Waals surface area contributed by atoms with Crippen molar-refractivity contribution in [1.82, 2.24) is 4.98 Å². The molecule has 6 nitrogen and oxygen atoms in total. The Bertz CT molecular complexity index is 1260. The number of hydrogen-bond acceptors (Lipinski definition) is 6. The van der Waals surface area contributed by atoms with E-state index in [0.717, 1.165) is 23.1 Å². The van der Waals surface area contributed by atoms with Crippen LogP contribution in [0.3, 0.4) is 0 Å². The van der Waals surface area contributed by atoms with Crippen LogP contribution in [0.25, 0.3) is 0 Å². The highest BCUT2D eigenvalue weighted by Crippen LogP contribution is 2.43. The molecule has 162 valence electrons. The second-order valence-electron chi connectivity index (χ2n) is 6.50. The maximum absolute atomic E-state index is 12.9. The van der Waals surface area contributed by atoms with E-state index in [2.05, 4.69) is 4.98 Å². The van der Waals surface area contributed by atoms with Crippen molar-refractivity contribution in [3.8, 4) is 5.75 Å². The number of ether oxygens (including phenoxy) is 1. The predicted molar refractivity (Wildman–Crippen MR) is 109 cm³/mol. The second kappa shape index (κ2) is 7.81. The molecule has 0 N–H and O–H groups in total. The fraction of sp³-hybridized carbons (Fsp3) is 0.158. The van der Waals surface area contributed by atoms with Crippen molar-refractivity contribution < 1.29 is 31.1 Å². The zero-order chi connectivity index (χ0) is 22.4. The summed E-state index contributed by atoms with van der Waals surface area (Å²) in [7, 11) is -3.73. The monoisotopic (exact) mass is 488 g/mol. The maximum Gasteiger partial charge on any atom is 0.416 e. The number of sulfone groups is 1. The van der Waals surface area contributed by atoms with E-state index in [4.69, 9.17) is 16.3 Å². The van der Waals surface area contributed by atoms with Gasteiger partial charge in [-0.3, -0.25) is 9.69 Å². The van der Waals surface area contributed by atoms with Crippen LogP contribution < -0.4 is 9.64 Å². The Kier molecular flexibility index (Phi) is 5.44. The fourth-order valence-electron chi connectivity index (χ4n) is 3.03. The molecule has 0 radical (unpaired) electrons. The third kappa shape index (κ3) is 4.25. The van der Waals surface area contributed by atoms with E-state index in [9.17, 15) is 26.4 Å². The van der Waals surface area contributed by atoms with Gasteiger partial charge in [0.25, 0.3) is 5.91 Å². The van der Waals surface area contributed by atoms with Gasteiger partial charge in [0.05, 0.1) is 26.9 Å². The Hall–Kier alpha value is -2.63. The number of alkyl halides is 3. The number of halogens is 4. The molecule has 12 heteroatoms. The molecule has 2 heterocycles. The standard InChI is InChI=1S/C19H12ClF3N2O4S2/c20-13-7-11(19(21,22)23)1-3-14(13)25-15-4-2-12(8-16(15)29-9-18(25)26)31(27,28)10-17-24-5-6-30-17/h1-8H,9-10H2. The van der Waals surface area contributed by atoms with E-state index in [1.807, 2.05) is 0 Å². The molecule has 1 amide bonds. The molecule has 0 aliphatic carbocycles. The lowest BCUT2D eigenvalue weighted by molar-refractivity contribution is -0.137. The molecule has 31 heavy (non-hydrogen) atoms. The number of fused-ring (bicyclic) bond motifs is 1. The first-order chi connectivity index (χ1) is 14.6. The van der Waals surface area contributed by atoms with Crippen LogP contribution in [0.4, 0.5) is 24.5 Å². The molecule has 1 aliphatic heterocycles. The summed E-state index contributed by atoms with van der Waals surface area (Å²) in [6.45, 7) is -0.430. The van der Waals surface area contributed by atoms with Gasteiger partial charge in [-0.2, -0.15) is 13.2 Å². The molecule has 0 unspecified atom stereocenters. The minimum atomic E-state index is -4.59. The summed E-state index contributed by atoms with van der Waals surface area (Å²) in [5, 5.41) is 1.81. The molecule has 3 aromatic rings. The molecule has 1 aromatic heterocycles. The quantitative estimate of drug-likeness (QED) is 0.525. The molecule has 0 fully saturated rings. The second-order valence-corrected chi connectivity index (χ2v) is 9.87. The number of carbonyl (C=O) groups excluding carboxylic acids is 1. The fourth-order valence-corrected chi connectivity index (χ4v) is 5.56. The van der Waals surface area contributed by atoms with Crippen molar-refractivity contribution in [3.05, 3.63) is 63.6 Å². The molecule has 4 rings (SSSR count). The van der Waals surface area contributed by atoms with E-state index in [1.165, 1.54) is 35.7 Å². The third-order valence-electron chi connectivity index (χ3n) is 4.44. The van der Waals surface area contributed by atoms with E-state index < -0.39 is 34.1 Å². The highest BCUT2D eigenvalue weighted by molar-refractivity contribution is 7.90. The summed E-state index contributed by atoms with van der Waals surface area (Å²) < 4.78 is 69.6. The Balaban J connectivity index is 1.72. The van der Waals surface area contributed by atoms with Gasteiger partial charge >= 0.3 is 6.18 Å². The highest BCUT2D eigenvalue weighted by atomic mass is 35.5. The highest BCUT2D eigenvalue weighted by Gasteiger charge is 2.34. The number of aromatic nitrogens is 1. The predicted octanol–water partition coefficient (Wildman–Crippen LogP) is 4.85. The average Bonchev–Trinajstić information content (AvgIpc) is 3.19. The van der Waals surface area contributed by atoms with Gasteiger partial charge in [-0.05, 0) is 30.3 Å². The maximum atomic E-state index is 12.9. The molecule has 0 saturated heterocycles. The van der Waals surface area contributed by atoms with Crippen molar-refractivity contribution in [2.45, 2.75) is 16.8 Å². The van der Waals surface area contributed by atoms with Crippen LogP contribution in [0.5, 0.6) is 5.75 Å². The van der Waals surface area contributed by atoms with Crippen LogP contribution in [0.1, 0.15) is 10.6 Å². The Morgan fingerprint density at radius 1 is 1.16 bits per heavy atom. The zero-order valence-corrected chi connectivity index (χ0v) is 17.8. The van der Waals surface area contributed by atoms with Gasteiger partial charge in [-0.1, -0.05) is 11.6 Å².